The maximum atomic E-state index is 15.6. The third-order valence-electron chi connectivity index (χ3n) is 5.99. The third-order valence-corrected chi connectivity index (χ3v) is 6.42. The highest BCUT2D eigenvalue weighted by Gasteiger charge is 2.20. The van der Waals surface area contributed by atoms with E-state index in [0.29, 0.717) is 44.3 Å². The van der Waals surface area contributed by atoms with Crippen molar-refractivity contribution in [2.75, 3.05) is 19.5 Å². The third kappa shape index (κ3) is 4.38. The number of nitrogens with zero attached hydrogens (tertiary/aromatic N) is 3. The molecule has 0 saturated carbocycles. The van der Waals surface area contributed by atoms with E-state index in [0.717, 1.165) is 5.56 Å². The lowest BCUT2D eigenvalue weighted by Crippen LogP contribution is -2.20. The van der Waals surface area contributed by atoms with Crippen LogP contribution in [-0.2, 0) is 0 Å². The summed E-state index contributed by atoms with van der Waals surface area (Å²) >= 11 is 6.08. The molecule has 0 aliphatic carbocycles. The Labute approximate surface area is 216 Å². The molecule has 0 aliphatic heterocycles. The minimum absolute atomic E-state index is 0.0480. The summed E-state index contributed by atoms with van der Waals surface area (Å²) in [5, 5.41) is 4.18. The summed E-state index contributed by atoms with van der Waals surface area (Å²) in [6, 6.07) is 12.8. The normalized spacial score (nSPS) is 11.1. The fraction of sp³-hybridized carbons (Fsp3) is 0.148. The van der Waals surface area contributed by atoms with Gasteiger partial charge in [-0.15, -0.1) is 0 Å². The average Bonchev–Trinajstić information content (AvgIpc) is 3.24. The van der Waals surface area contributed by atoms with Gasteiger partial charge in [0.2, 0.25) is 5.88 Å². The molecule has 37 heavy (non-hydrogen) atoms. The van der Waals surface area contributed by atoms with Gasteiger partial charge in [0.25, 0.3) is 0 Å². The summed E-state index contributed by atoms with van der Waals surface area (Å²) in [6.45, 7) is 3.57. The smallest absolute Gasteiger partial charge is 0.330 e. The summed E-state index contributed by atoms with van der Waals surface area (Å²) in [5.74, 6) is 0.433. The van der Waals surface area contributed by atoms with Gasteiger partial charge >= 0.3 is 6.03 Å². The number of fused-ring (bicyclic) bond motifs is 2. The Morgan fingerprint density at radius 3 is 2.43 bits per heavy atom. The van der Waals surface area contributed by atoms with Crippen LogP contribution in [0.15, 0.2) is 54.9 Å². The maximum absolute atomic E-state index is 15.6. The number of benzene rings is 3. The van der Waals surface area contributed by atoms with E-state index in [1.807, 2.05) is 6.92 Å². The standard InChI is InChI=1S/C27H22ClFN4O4/c1-14-9-16(5-6-19(14)28)32-27(34)33-15(2)10-18-21(33)7-8-22(25(18)29)37-26-17-11-23(35-3)24(36-4)12-20(17)30-13-31-26/h5-13H,1-4H3,(H,32,34). The Hall–Kier alpha value is -4.37. The number of ether oxygens (including phenoxy) is 3. The first-order chi connectivity index (χ1) is 17.8. The van der Waals surface area contributed by atoms with E-state index in [1.165, 1.54) is 31.2 Å². The van der Waals surface area contributed by atoms with Crippen molar-refractivity contribution in [3.05, 3.63) is 77.0 Å². The van der Waals surface area contributed by atoms with E-state index in [1.54, 1.807) is 49.4 Å². The Bertz CT molecular complexity index is 1690. The van der Waals surface area contributed by atoms with E-state index in [2.05, 4.69) is 15.3 Å². The molecular formula is C27H22ClFN4O4. The second-order valence-electron chi connectivity index (χ2n) is 8.33. The number of carbonyl (C=O) groups is 1. The molecule has 0 radical (unpaired) electrons. The number of carbonyl (C=O) groups excluding carboxylic acids is 1. The monoisotopic (exact) mass is 520 g/mol. The summed E-state index contributed by atoms with van der Waals surface area (Å²) in [4.78, 5) is 21.5. The van der Waals surface area contributed by atoms with E-state index in [9.17, 15) is 4.79 Å². The summed E-state index contributed by atoms with van der Waals surface area (Å²) in [6.07, 6.45) is 1.32. The molecule has 0 aliphatic rings. The molecule has 10 heteroatoms. The number of rotatable bonds is 5. The molecule has 188 valence electrons. The molecule has 1 amide bonds. The number of nitrogens with one attached hydrogen (secondary N) is 1. The largest absolute Gasteiger partial charge is 0.493 e. The topological polar surface area (TPSA) is 87.5 Å². The van der Waals surface area contributed by atoms with Crippen molar-refractivity contribution in [3.63, 3.8) is 0 Å². The van der Waals surface area contributed by atoms with Gasteiger partial charge < -0.3 is 19.5 Å². The molecule has 2 aromatic heterocycles. The number of halogens is 2. The lowest BCUT2D eigenvalue weighted by Gasteiger charge is -2.13. The first-order valence-corrected chi connectivity index (χ1v) is 11.6. The Morgan fingerprint density at radius 2 is 1.70 bits per heavy atom. The Kier molecular flexibility index (Phi) is 6.31. The Morgan fingerprint density at radius 1 is 0.946 bits per heavy atom. The van der Waals surface area contributed by atoms with Crippen molar-refractivity contribution < 1.29 is 23.4 Å². The second kappa shape index (κ2) is 9.59. The van der Waals surface area contributed by atoms with Crippen molar-refractivity contribution in [1.29, 1.82) is 0 Å². The van der Waals surface area contributed by atoms with Gasteiger partial charge in [0, 0.05) is 27.9 Å². The van der Waals surface area contributed by atoms with Crippen LogP contribution in [0.2, 0.25) is 5.02 Å². The van der Waals surface area contributed by atoms with Gasteiger partial charge in [0.1, 0.15) is 6.33 Å². The SMILES string of the molecule is COc1cc2ncnc(Oc3ccc4c(cc(C)n4C(=O)Nc4ccc(Cl)c(C)c4)c3F)c2cc1OC. The zero-order valence-electron chi connectivity index (χ0n) is 20.4. The van der Waals surface area contributed by atoms with Crippen molar-refractivity contribution in [3.8, 4) is 23.1 Å². The van der Waals surface area contributed by atoms with Crippen LogP contribution in [0.25, 0.3) is 21.8 Å². The molecule has 0 unspecified atom stereocenters. The van der Waals surface area contributed by atoms with Crippen molar-refractivity contribution in [2.24, 2.45) is 0 Å². The van der Waals surface area contributed by atoms with Crippen molar-refractivity contribution in [2.45, 2.75) is 13.8 Å². The van der Waals surface area contributed by atoms with Crippen LogP contribution in [0, 0.1) is 19.7 Å². The van der Waals surface area contributed by atoms with Crippen LogP contribution in [0.4, 0.5) is 14.9 Å². The van der Waals surface area contributed by atoms with Gasteiger partial charge in [-0.3, -0.25) is 4.57 Å². The number of amides is 1. The fourth-order valence-electron chi connectivity index (χ4n) is 4.15. The van der Waals surface area contributed by atoms with E-state index in [-0.39, 0.29) is 17.0 Å². The lowest BCUT2D eigenvalue weighted by molar-refractivity contribution is 0.254. The van der Waals surface area contributed by atoms with Crippen LogP contribution < -0.4 is 19.5 Å². The highest BCUT2D eigenvalue weighted by molar-refractivity contribution is 6.31. The molecule has 8 nitrogen and oxygen atoms in total. The first kappa shape index (κ1) is 24.3. The number of methoxy groups -OCH3 is 2. The second-order valence-corrected chi connectivity index (χ2v) is 8.74. The van der Waals surface area contributed by atoms with Gasteiger partial charge in [-0.1, -0.05) is 11.6 Å². The van der Waals surface area contributed by atoms with Crippen LogP contribution in [-0.4, -0.2) is 34.8 Å². The zero-order chi connectivity index (χ0) is 26.3. The maximum Gasteiger partial charge on any atom is 0.330 e. The summed E-state index contributed by atoms with van der Waals surface area (Å²) in [7, 11) is 3.04. The number of hydrogen-bond acceptors (Lipinski definition) is 6. The average molecular weight is 521 g/mol. The minimum atomic E-state index is -0.623. The van der Waals surface area contributed by atoms with Gasteiger partial charge in [-0.2, -0.15) is 0 Å². The van der Waals surface area contributed by atoms with Crippen LogP contribution in [0.1, 0.15) is 11.3 Å². The molecule has 0 fully saturated rings. The van der Waals surface area contributed by atoms with Crippen LogP contribution in [0.5, 0.6) is 23.1 Å². The quantitative estimate of drug-likeness (QED) is 0.272. The van der Waals surface area contributed by atoms with Crippen molar-refractivity contribution in [1.82, 2.24) is 14.5 Å². The molecule has 5 rings (SSSR count). The first-order valence-electron chi connectivity index (χ1n) is 11.2. The highest BCUT2D eigenvalue weighted by Crippen LogP contribution is 2.37. The molecule has 0 atom stereocenters. The lowest BCUT2D eigenvalue weighted by atomic mass is 10.2. The minimum Gasteiger partial charge on any atom is -0.493 e. The predicted molar refractivity (Wildman–Crippen MR) is 140 cm³/mol. The molecule has 1 N–H and O–H groups in total. The van der Waals surface area contributed by atoms with Gasteiger partial charge in [0.15, 0.2) is 23.1 Å². The molecule has 2 heterocycles. The highest BCUT2D eigenvalue weighted by atomic mass is 35.5. The number of aryl methyl sites for hydroxylation is 2. The summed E-state index contributed by atoms with van der Waals surface area (Å²) < 4.78 is 33.6. The molecule has 5 aromatic rings. The van der Waals surface area contributed by atoms with Gasteiger partial charge in [0.05, 0.1) is 30.6 Å². The van der Waals surface area contributed by atoms with Crippen LogP contribution >= 0.6 is 11.6 Å². The van der Waals surface area contributed by atoms with Crippen LogP contribution in [0.3, 0.4) is 0 Å². The zero-order valence-corrected chi connectivity index (χ0v) is 21.2. The molecular weight excluding hydrogens is 499 g/mol. The molecule has 0 saturated heterocycles. The molecule has 0 bridgehead atoms. The Balaban J connectivity index is 1.51. The van der Waals surface area contributed by atoms with Crippen molar-refractivity contribution >= 4 is 45.1 Å². The van der Waals surface area contributed by atoms with E-state index in [4.69, 9.17) is 25.8 Å². The summed E-state index contributed by atoms with van der Waals surface area (Å²) in [5.41, 5.74) is 2.90. The van der Waals surface area contributed by atoms with Gasteiger partial charge in [-0.25, -0.2) is 19.2 Å². The number of anilines is 1. The predicted octanol–water partition coefficient (Wildman–Crippen LogP) is 6.88. The number of aromatic nitrogens is 3. The molecule has 3 aromatic carbocycles. The van der Waals surface area contributed by atoms with E-state index < -0.39 is 11.8 Å². The molecule has 0 spiro atoms. The number of hydrogen-bond donors (Lipinski definition) is 1. The fourth-order valence-corrected chi connectivity index (χ4v) is 4.27. The van der Waals surface area contributed by atoms with E-state index >= 15 is 4.39 Å². The van der Waals surface area contributed by atoms with Gasteiger partial charge in [-0.05, 0) is 61.9 Å².